The number of allylic oxidation sites excluding steroid dienone is 1. The molecule has 2 nitrogen and oxygen atoms in total. The van der Waals surface area contributed by atoms with Gasteiger partial charge in [-0.3, -0.25) is 4.79 Å². The summed E-state index contributed by atoms with van der Waals surface area (Å²) in [5, 5.41) is 0. The molecule has 0 bridgehead atoms. The highest BCUT2D eigenvalue weighted by Gasteiger charge is 2.38. The average Bonchev–Trinajstić information content (AvgIpc) is 3.03. The Morgan fingerprint density at radius 2 is 2.09 bits per heavy atom. The van der Waals surface area contributed by atoms with Crippen LogP contribution in [0.15, 0.2) is 11.9 Å². The maximum atomic E-state index is 12.5. The van der Waals surface area contributed by atoms with E-state index in [4.69, 9.17) is 4.74 Å². The van der Waals surface area contributed by atoms with Gasteiger partial charge < -0.3 is 4.74 Å². The molecule has 124 valence electrons. The number of rotatable bonds is 4. The molecule has 2 aliphatic carbocycles. The Labute approximate surface area is 136 Å². The molecule has 1 unspecified atom stereocenters. The Kier molecular flexibility index (Phi) is 5.28. The minimum absolute atomic E-state index is 0.0769. The maximum Gasteiger partial charge on any atom is 0.310 e. The van der Waals surface area contributed by atoms with E-state index in [2.05, 4.69) is 32.7 Å². The van der Waals surface area contributed by atoms with Crippen molar-refractivity contribution < 1.29 is 9.53 Å². The third-order valence-corrected chi connectivity index (χ3v) is 8.71. The summed E-state index contributed by atoms with van der Waals surface area (Å²) in [5.74, 6) is 5.08. The van der Waals surface area contributed by atoms with Crippen molar-refractivity contribution in [3.05, 3.63) is 11.9 Å². The molecule has 1 heterocycles. The van der Waals surface area contributed by atoms with Crippen LogP contribution in [0.3, 0.4) is 0 Å². The summed E-state index contributed by atoms with van der Waals surface area (Å²) in [6.07, 6.45) is 10.8. The van der Waals surface area contributed by atoms with Crippen molar-refractivity contribution in [2.75, 3.05) is 6.16 Å². The molecule has 0 aromatic heterocycles. The van der Waals surface area contributed by atoms with Crippen LogP contribution in [0.2, 0.25) is 0 Å². The van der Waals surface area contributed by atoms with Crippen molar-refractivity contribution in [1.82, 2.24) is 0 Å². The highest BCUT2D eigenvalue weighted by atomic mass is 31.1. The first-order valence-electron chi connectivity index (χ1n) is 9.18. The molecule has 0 N–H and O–H groups in total. The summed E-state index contributed by atoms with van der Waals surface area (Å²) in [7, 11) is -0.248. The number of carbonyl (C=O) groups is 1. The molecule has 2 fully saturated rings. The van der Waals surface area contributed by atoms with E-state index in [1.165, 1.54) is 32.1 Å². The smallest absolute Gasteiger partial charge is 0.310 e. The van der Waals surface area contributed by atoms with Crippen LogP contribution in [0.5, 0.6) is 0 Å². The first kappa shape index (κ1) is 16.5. The Balaban J connectivity index is 1.55. The Morgan fingerprint density at radius 1 is 1.27 bits per heavy atom. The predicted octanol–water partition coefficient (Wildman–Crippen LogP) is 5.17. The van der Waals surface area contributed by atoms with Gasteiger partial charge in [-0.2, -0.15) is 0 Å². The van der Waals surface area contributed by atoms with E-state index in [-0.39, 0.29) is 20.0 Å². The van der Waals surface area contributed by atoms with Crippen LogP contribution >= 0.6 is 7.92 Å². The minimum atomic E-state index is -0.248. The van der Waals surface area contributed by atoms with Crippen molar-refractivity contribution in [3.63, 3.8) is 0 Å². The lowest BCUT2D eigenvalue weighted by Gasteiger charge is -2.37. The predicted molar refractivity (Wildman–Crippen MR) is 93.3 cm³/mol. The van der Waals surface area contributed by atoms with Crippen LogP contribution < -0.4 is 0 Å². The van der Waals surface area contributed by atoms with Crippen molar-refractivity contribution in [1.29, 1.82) is 0 Å². The van der Waals surface area contributed by atoms with Crippen LogP contribution in [-0.2, 0) is 9.53 Å². The summed E-state index contributed by atoms with van der Waals surface area (Å²) in [4.78, 5) is 12.5. The van der Waals surface area contributed by atoms with Gasteiger partial charge in [0.15, 0.2) is 0 Å². The summed E-state index contributed by atoms with van der Waals surface area (Å²) < 4.78 is 5.99. The minimum Gasteiger partial charge on any atom is -0.462 e. The van der Waals surface area contributed by atoms with Gasteiger partial charge in [0, 0.05) is 0 Å². The summed E-state index contributed by atoms with van der Waals surface area (Å²) >= 11 is 0. The van der Waals surface area contributed by atoms with Crippen molar-refractivity contribution in [2.24, 2.45) is 23.7 Å². The SMILES string of the molecule is CC(C)[C@@H]1CC[C@@H](C)C[C@H]1OC(=O)CP1C=C[C@@H]2CCC[C@@H]21. The second kappa shape index (κ2) is 7.04. The Bertz CT molecular complexity index is 431. The molecular formula is C19H31O2P. The molecule has 22 heavy (non-hydrogen) atoms. The fourth-order valence-electron chi connectivity index (χ4n) is 4.71. The van der Waals surface area contributed by atoms with Crippen LogP contribution in [0.25, 0.3) is 0 Å². The zero-order valence-corrected chi connectivity index (χ0v) is 15.2. The van der Waals surface area contributed by atoms with E-state index in [1.54, 1.807) is 0 Å². The zero-order valence-electron chi connectivity index (χ0n) is 14.3. The molecule has 3 aliphatic rings. The molecule has 0 amide bonds. The van der Waals surface area contributed by atoms with E-state index in [0.717, 1.165) is 18.0 Å². The Morgan fingerprint density at radius 3 is 2.86 bits per heavy atom. The quantitative estimate of drug-likeness (QED) is 0.527. The second-order valence-corrected chi connectivity index (χ2v) is 10.3. The van der Waals surface area contributed by atoms with Gasteiger partial charge in [-0.1, -0.05) is 53.4 Å². The van der Waals surface area contributed by atoms with Gasteiger partial charge in [-0.25, -0.2) is 0 Å². The van der Waals surface area contributed by atoms with Gasteiger partial charge in [-0.15, -0.1) is 0 Å². The van der Waals surface area contributed by atoms with Crippen molar-refractivity contribution in [3.8, 4) is 0 Å². The van der Waals surface area contributed by atoms with Crippen LogP contribution in [-0.4, -0.2) is 23.9 Å². The van der Waals surface area contributed by atoms with Crippen molar-refractivity contribution in [2.45, 2.75) is 71.1 Å². The lowest BCUT2D eigenvalue weighted by molar-refractivity contribution is -0.152. The molecule has 0 aromatic carbocycles. The molecule has 2 saturated carbocycles. The summed E-state index contributed by atoms with van der Waals surface area (Å²) in [6, 6.07) is 0. The van der Waals surface area contributed by atoms with E-state index >= 15 is 0 Å². The van der Waals surface area contributed by atoms with E-state index < -0.39 is 0 Å². The van der Waals surface area contributed by atoms with Crippen LogP contribution in [0, 0.1) is 23.7 Å². The number of ether oxygens (including phenoxy) is 1. The largest absolute Gasteiger partial charge is 0.462 e. The molecule has 1 aliphatic heterocycles. The molecular weight excluding hydrogens is 291 g/mol. The second-order valence-electron chi connectivity index (χ2n) is 8.03. The first-order chi connectivity index (χ1) is 10.5. The van der Waals surface area contributed by atoms with Crippen LogP contribution in [0.1, 0.15) is 59.3 Å². The number of hydrogen-bond acceptors (Lipinski definition) is 2. The monoisotopic (exact) mass is 322 g/mol. The molecule has 0 aromatic rings. The van der Waals surface area contributed by atoms with Crippen molar-refractivity contribution >= 4 is 13.9 Å². The fourth-order valence-corrected chi connectivity index (χ4v) is 7.34. The summed E-state index contributed by atoms with van der Waals surface area (Å²) in [6.45, 7) is 6.84. The van der Waals surface area contributed by atoms with E-state index in [1.807, 2.05) is 0 Å². The highest BCUT2D eigenvalue weighted by molar-refractivity contribution is 7.62. The maximum absolute atomic E-state index is 12.5. The number of fused-ring (bicyclic) bond motifs is 1. The zero-order chi connectivity index (χ0) is 15.7. The highest BCUT2D eigenvalue weighted by Crippen LogP contribution is 2.57. The molecule has 6 atom stereocenters. The van der Waals surface area contributed by atoms with Gasteiger partial charge in [0.2, 0.25) is 0 Å². The van der Waals surface area contributed by atoms with E-state index in [0.29, 0.717) is 23.9 Å². The lowest BCUT2D eigenvalue weighted by Crippen LogP contribution is -2.36. The van der Waals surface area contributed by atoms with Gasteiger partial charge in [0.25, 0.3) is 0 Å². The lowest BCUT2D eigenvalue weighted by atomic mass is 9.75. The third kappa shape index (κ3) is 3.58. The molecule has 3 rings (SSSR count). The number of esters is 1. The number of hydrogen-bond donors (Lipinski definition) is 0. The van der Waals surface area contributed by atoms with Gasteiger partial charge in [0.05, 0.1) is 6.16 Å². The third-order valence-electron chi connectivity index (χ3n) is 6.04. The fraction of sp³-hybridized carbons (Fsp3) is 0.842. The molecule has 3 heteroatoms. The molecule has 0 saturated heterocycles. The van der Waals surface area contributed by atoms with E-state index in [9.17, 15) is 4.79 Å². The normalized spacial score (nSPS) is 40.9. The molecule has 0 spiro atoms. The van der Waals surface area contributed by atoms with Gasteiger partial charge in [-0.05, 0) is 55.0 Å². The molecule has 0 radical (unpaired) electrons. The number of carbonyl (C=O) groups excluding carboxylic acids is 1. The van der Waals surface area contributed by atoms with Gasteiger partial charge in [0.1, 0.15) is 6.10 Å². The average molecular weight is 322 g/mol. The summed E-state index contributed by atoms with van der Waals surface area (Å²) in [5.41, 5.74) is 0.786. The Hall–Kier alpha value is -0.360. The standard InChI is InChI=1S/C19H31O2P/c1-13(2)16-8-7-14(3)11-17(16)21-19(20)12-22-10-9-15-5-4-6-18(15)22/h9-10,13-18H,4-8,11-12H2,1-3H3/t14-,15+,16+,17-,18+,22?/m1/s1. The van der Waals surface area contributed by atoms with Crippen LogP contribution in [0.4, 0.5) is 0 Å². The van der Waals surface area contributed by atoms with Gasteiger partial charge >= 0.3 is 5.97 Å². The topological polar surface area (TPSA) is 26.3 Å². The first-order valence-corrected chi connectivity index (χ1v) is 10.8.